The van der Waals surface area contributed by atoms with Gasteiger partial charge in [0, 0.05) is 11.4 Å². The Hall–Kier alpha value is -2.96. The first-order chi connectivity index (χ1) is 9.73. The van der Waals surface area contributed by atoms with E-state index in [9.17, 15) is 29.1 Å². The molecule has 0 unspecified atom stereocenters. The van der Waals surface area contributed by atoms with Crippen LogP contribution in [-0.2, 0) is 0 Å². The minimum Gasteiger partial charge on any atom is -0.503 e. The van der Waals surface area contributed by atoms with Crippen molar-refractivity contribution in [2.45, 2.75) is 13.8 Å². The molecule has 0 aliphatic rings. The zero-order valence-electron chi connectivity index (χ0n) is 11.1. The van der Waals surface area contributed by atoms with Crippen LogP contribution in [0, 0.1) is 13.8 Å². The van der Waals surface area contributed by atoms with Crippen LogP contribution < -0.4 is 27.1 Å². The third-order valence-electron chi connectivity index (χ3n) is 2.87. The van der Waals surface area contributed by atoms with E-state index in [0.29, 0.717) is 11.4 Å². The first-order valence-electron chi connectivity index (χ1n) is 5.85. The van der Waals surface area contributed by atoms with Crippen molar-refractivity contribution >= 4 is 0 Å². The van der Waals surface area contributed by atoms with Gasteiger partial charge in [0.05, 0.1) is 5.56 Å². The molecule has 1 aromatic carbocycles. The third-order valence-corrected chi connectivity index (χ3v) is 2.87. The molecule has 0 spiro atoms. The number of aryl methyl sites for hydroxylation is 2. The summed E-state index contributed by atoms with van der Waals surface area (Å²) in [6.45, 7) is 3.21. The van der Waals surface area contributed by atoms with Crippen LogP contribution in [0.2, 0.25) is 0 Å². The second-order valence-electron chi connectivity index (χ2n) is 4.51. The van der Waals surface area contributed by atoms with Gasteiger partial charge in [0.15, 0.2) is 5.75 Å². The second kappa shape index (κ2) is 4.86. The summed E-state index contributed by atoms with van der Waals surface area (Å²) < 4.78 is 0. The van der Waals surface area contributed by atoms with E-state index in [4.69, 9.17) is 0 Å². The molecule has 7 heteroatoms. The lowest BCUT2D eigenvalue weighted by Gasteiger charge is -2.03. The Morgan fingerprint density at radius 3 is 1.71 bits per heavy atom. The number of pyridine rings is 1. The van der Waals surface area contributed by atoms with Crippen molar-refractivity contribution in [1.29, 1.82) is 0 Å². The number of nitrogens with zero attached hydrogens (tertiary/aromatic N) is 1. The maximum Gasteiger partial charge on any atom is 0.281 e. The maximum absolute atomic E-state index is 12.0. The van der Waals surface area contributed by atoms with E-state index in [2.05, 4.69) is 4.98 Å². The highest BCUT2D eigenvalue weighted by atomic mass is 16.3. The molecule has 0 amide bonds. The third kappa shape index (κ3) is 2.29. The lowest BCUT2D eigenvalue weighted by molar-refractivity contribution is 0.472. The molecular formula is C14H9NO6. The monoisotopic (exact) mass is 287 g/mol. The second-order valence-corrected chi connectivity index (χ2v) is 4.51. The van der Waals surface area contributed by atoms with Gasteiger partial charge in [0.25, 0.3) is 21.7 Å². The van der Waals surface area contributed by atoms with E-state index in [1.165, 1.54) is 12.1 Å². The van der Waals surface area contributed by atoms with Crippen molar-refractivity contribution in [2.75, 3.05) is 0 Å². The minimum absolute atomic E-state index is 0.0479. The molecule has 21 heavy (non-hydrogen) atoms. The Morgan fingerprint density at radius 2 is 1.19 bits per heavy atom. The number of aromatic nitrogens is 1. The van der Waals surface area contributed by atoms with E-state index >= 15 is 0 Å². The van der Waals surface area contributed by atoms with Gasteiger partial charge < -0.3 is 5.11 Å². The van der Waals surface area contributed by atoms with Crippen molar-refractivity contribution in [2.24, 2.45) is 0 Å². The molecule has 0 aliphatic heterocycles. The highest BCUT2D eigenvalue weighted by Gasteiger charge is 2.19. The Balaban J connectivity index is 3.16. The topological polar surface area (TPSA) is 118 Å². The standard InChI is InChI=1S/C14H9NO6/c1-5-3-7(4-6(2)15-5)8-9(16)11(18)13(20)14(21)12(19)10(8)17/h3-4,16H,1-2H3. The van der Waals surface area contributed by atoms with Gasteiger partial charge in [-0.05, 0) is 31.5 Å². The highest BCUT2D eigenvalue weighted by Crippen LogP contribution is 2.22. The number of hydrogen-bond acceptors (Lipinski definition) is 7. The molecule has 0 radical (unpaired) electrons. The molecule has 0 fully saturated rings. The van der Waals surface area contributed by atoms with Gasteiger partial charge >= 0.3 is 0 Å². The van der Waals surface area contributed by atoms with Crippen molar-refractivity contribution < 1.29 is 5.11 Å². The molecule has 0 saturated heterocycles. The van der Waals surface area contributed by atoms with E-state index in [-0.39, 0.29) is 5.56 Å². The molecule has 0 aliphatic carbocycles. The summed E-state index contributed by atoms with van der Waals surface area (Å²) in [5, 5.41) is 9.79. The van der Waals surface area contributed by atoms with Crippen LogP contribution in [0.3, 0.4) is 0 Å². The quantitative estimate of drug-likeness (QED) is 0.651. The normalized spacial score (nSPS) is 10.6. The van der Waals surface area contributed by atoms with Crippen molar-refractivity contribution in [1.82, 2.24) is 4.98 Å². The number of aromatic hydroxyl groups is 1. The van der Waals surface area contributed by atoms with Crippen molar-refractivity contribution in [3.8, 4) is 16.9 Å². The summed E-state index contributed by atoms with van der Waals surface area (Å²) in [5.74, 6) is -1.20. The molecule has 0 saturated carbocycles. The van der Waals surface area contributed by atoms with Gasteiger partial charge in [0.2, 0.25) is 5.43 Å². The fourth-order valence-corrected chi connectivity index (χ4v) is 2.00. The fourth-order valence-electron chi connectivity index (χ4n) is 2.00. The van der Waals surface area contributed by atoms with Crippen molar-refractivity contribution in [3.63, 3.8) is 0 Å². The van der Waals surface area contributed by atoms with E-state index in [1.54, 1.807) is 13.8 Å². The highest BCUT2D eigenvalue weighted by molar-refractivity contribution is 5.69. The molecule has 1 N–H and O–H groups in total. The number of hydrogen-bond donors (Lipinski definition) is 1. The zero-order chi connectivity index (χ0) is 15.9. The lowest BCUT2D eigenvalue weighted by Crippen LogP contribution is -2.46. The predicted molar refractivity (Wildman–Crippen MR) is 74.5 cm³/mol. The van der Waals surface area contributed by atoms with Gasteiger partial charge in [0.1, 0.15) is 0 Å². The maximum atomic E-state index is 12.0. The average molecular weight is 287 g/mol. The Bertz CT molecular complexity index is 995. The molecule has 1 heterocycles. The summed E-state index contributed by atoms with van der Waals surface area (Å²) in [4.78, 5) is 61.9. The van der Waals surface area contributed by atoms with Crippen LogP contribution in [0.4, 0.5) is 0 Å². The largest absolute Gasteiger partial charge is 0.503 e. The van der Waals surface area contributed by atoms with Crippen molar-refractivity contribution in [3.05, 3.63) is 74.6 Å². The summed E-state index contributed by atoms with van der Waals surface area (Å²) in [6, 6.07) is 2.72. The van der Waals surface area contributed by atoms with Gasteiger partial charge in [-0.1, -0.05) is 0 Å². The average Bonchev–Trinajstić information content (AvgIpc) is 2.46. The summed E-state index contributed by atoms with van der Waals surface area (Å²) in [5.41, 5.74) is -7.72. The molecule has 7 nitrogen and oxygen atoms in total. The van der Waals surface area contributed by atoms with Crippen LogP contribution >= 0.6 is 0 Å². The van der Waals surface area contributed by atoms with E-state index < -0.39 is 38.5 Å². The van der Waals surface area contributed by atoms with E-state index in [0.717, 1.165) is 0 Å². The lowest BCUT2D eigenvalue weighted by atomic mass is 10.1. The van der Waals surface area contributed by atoms with Gasteiger partial charge in [-0.3, -0.25) is 29.0 Å². The Labute approximate surface area is 116 Å². The SMILES string of the molecule is Cc1cc(-c2c(O)c(=O)c(=O)c(=O)c(=O)c2=O)cc(C)n1. The molecule has 1 aromatic heterocycles. The molecule has 106 valence electrons. The zero-order valence-corrected chi connectivity index (χ0v) is 11.1. The smallest absolute Gasteiger partial charge is 0.281 e. The van der Waals surface area contributed by atoms with E-state index in [1.807, 2.05) is 0 Å². The van der Waals surface area contributed by atoms with Crippen LogP contribution in [0.15, 0.2) is 36.1 Å². The Kier molecular flexibility index (Phi) is 3.34. The minimum atomic E-state index is -1.74. The molecule has 0 atom stereocenters. The van der Waals surface area contributed by atoms with Crippen LogP contribution in [0.5, 0.6) is 5.75 Å². The predicted octanol–water partition coefficient (Wildman–Crippen LogP) is -1.25. The first kappa shape index (κ1) is 14.4. The summed E-state index contributed by atoms with van der Waals surface area (Å²) in [7, 11) is 0. The molecule has 2 rings (SSSR count). The number of rotatable bonds is 1. The molecule has 0 bridgehead atoms. The summed E-state index contributed by atoms with van der Waals surface area (Å²) >= 11 is 0. The van der Waals surface area contributed by atoms with Crippen LogP contribution in [0.25, 0.3) is 11.1 Å². The summed E-state index contributed by atoms with van der Waals surface area (Å²) in [6.07, 6.45) is 0. The van der Waals surface area contributed by atoms with Gasteiger partial charge in [-0.2, -0.15) is 0 Å². The van der Waals surface area contributed by atoms with Gasteiger partial charge in [-0.15, -0.1) is 0 Å². The molecular weight excluding hydrogens is 278 g/mol. The van der Waals surface area contributed by atoms with Gasteiger partial charge in [-0.25, -0.2) is 0 Å². The van der Waals surface area contributed by atoms with Crippen LogP contribution in [0.1, 0.15) is 11.4 Å². The first-order valence-corrected chi connectivity index (χ1v) is 5.85. The fraction of sp³-hybridized carbons (Fsp3) is 0.143. The van der Waals surface area contributed by atoms with Crippen LogP contribution in [-0.4, -0.2) is 10.1 Å². The Morgan fingerprint density at radius 1 is 0.762 bits per heavy atom. The molecule has 2 aromatic rings.